The first kappa shape index (κ1) is 35.5. The second-order valence-electron chi connectivity index (χ2n) is 13.8. The molecular formula is C37H49ClN2O6S. The molecule has 1 amide bonds. The Hall–Kier alpha value is -2.85. The number of carbonyl (C=O) groups is 1. The molecule has 2 aromatic carbocycles. The number of aryl methyl sites for hydroxylation is 1. The van der Waals surface area contributed by atoms with Crippen LogP contribution in [0.1, 0.15) is 80.8 Å². The van der Waals surface area contributed by atoms with E-state index < -0.39 is 32.9 Å². The van der Waals surface area contributed by atoms with E-state index in [1.807, 2.05) is 44.2 Å². The maximum Gasteiger partial charge on any atom is 0.264 e. The molecular weight excluding hydrogens is 636 g/mol. The quantitative estimate of drug-likeness (QED) is 0.340. The van der Waals surface area contributed by atoms with Crippen LogP contribution in [-0.4, -0.2) is 56.6 Å². The average molecular weight is 685 g/mol. The summed E-state index contributed by atoms with van der Waals surface area (Å²) in [7, 11) is -2.28. The molecule has 10 heteroatoms. The fourth-order valence-corrected chi connectivity index (χ4v) is 8.66. The van der Waals surface area contributed by atoms with Gasteiger partial charge in [-0.05, 0) is 112 Å². The zero-order valence-corrected chi connectivity index (χ0v) is 29.6. The van der Waals surface area contributed by atoms with E-state index >= 15 is 0 Å². The summed E-state index contributed by atoms with van der Waals surface area (Å²) in [6, 6.07) is 11.1. The molecule has 2 heterocycles. The number of sulfonamides is 1. The van der Waals surface area contributed by atoms with E-state index in [1.54, 1.807) is 32.2 Å². The van der Waals surface area contributed by atoms with Crippen LogP contribution in [0.5, 0.6) is 5.75 Å². The Kier molecular flexibility index (Phi) is 11.1. The van der Waals surface area contributed by atoms with Crippen LogP contribution in [-0.2, 0) is 27.8 Å². The van der Waals surface area contributed by atoms with Crippen LogP contribution in [0.15, 0.2) is 60.7 Å². The lowest BCUT2D eigenvalue weighted by atomic mass is 9.62. The van der Waals surface area contributed by atoms with Crippen LogP contribution >= 0.6 is 11.6 Å². The molecule has 1 aliphatic carbocycles. The Balaban J connectivity index is 1.59. The molecule has 2 bridgehead atoms. The average Bonchev–Trinajstić information content (AvgIpc) is 3.04. The van der Waals surface area contributed by atoms with Gasteiger partial charge in [0.2, 0.25) is 10.0 Å². The van der Waals surface area contributed by atoms with Gasteiger partial charge in [0.1, 0.15) is 12.4 Å². The zero-order valence-electron chi connectivity index (χ0n) is 28.0. The van der Waals surface area contributed by atoms with Crippen molar-refractivity contribution in [3.63, 3.8) is 0 Å². The first-order valence-corrected chi connectivity index (χ1v) is 18.7. The van der Waals surface area contributed by atoms with Crippen LogP contribution < -0.4 is 14.4 Å². The maximum absolute atomic E-state index is 13.5. The highest BCUT2D eigenvalue weighted by atomic mass is 35.5. The minimum Gasteiger partial charge on any atom is -0.487 e. The van der Waals surface area contributed by atoms with Gasteiger partial charge >= 0.3 is 0 Å². The highest BCUT2D eigenvalue weighted by Gasteiger charge is 2.48. The number of benzene rings is 2. The van der Waals surface area contributed by atoms with E-state index in [0.717, 1.165) is 55.5 Å². The van der Waals surface area contributed by atoms with Gasteiger partial charge in [-0.3, -0.25) is 4.79 Å². The molecule has 2 aromatic rings. The molecule has 1 fully saturated rings. The highest BCUT2D eigenvalue weighted by molar-refractivity contribution is 7.90. The van der Waals surface area contributed by atoms with E-state index in [4.69, 9.17) is 21.1 Å². The number of amides is 1. The van der Waals surface area contributed by atoms with Gasteiger partial charge in [-0.2, -0.15) is 0 Å². The second kappa shape index (κ2) is 14.7. The van der Waals surface area contributed by atoms with Crippen LogP contribution in [0, 0.1) is 17.8 Å². The summed E-state index contributed by atoms with van der Waals surface area (Å²) < 4.78 is 42.0. The molecule has 6 atom stereocenters. The van der Waals surface area contributed by atoms with Gasteiger partial charge in [0.15, 0.2) is 0 Å². The third-order valence-electron chi connectivity index (χ3n) is 10.6. The number of anilines is 1. The molecule has 0 unspecified atom stereocenters. The number of aliphatic hydroxyl groups is 1. The van der Waals surface area contributed by atoms with Crippen LogP contribution in [0.4, 0.5) is 5.69 Å². The number of rotatable bonds is 4. The fraction of sp³-hybridized carbons (Fsp3) is 0.541. The van der Waals surface area contributed by atoms with Gasteiger partial charge in [-0.25, -0.2) is 13.1 Å². The summed E-state index contributed by atoms with van der Waals surface area (Å²) in [6.07, 6.45) is 8.75. The molecule has 1 saturated carbocycles. The maximum atomic E-state index is 13.5. The predicted octanol–water partition coefficient (Wildman–Crippen LogP) is 6.84. The molecule has 256 valence electrons. The van der Waals surface area contributed by atoms with E-state index in [9.17, 15) is 18.3 Å². The van der Waals surface area contributed by atoms with Crippen molar-refractivity contribution in [2.24, 2.45) is 17.8 Å². The van der Waals surface area contributed by atoms with Gasteiger partial charge in [0.25, 0.3) is 5.91 Å². The van der Waals surface area contributed by atoms with Gasteiger partial charge in [-0.1, -0.05) is 48.9 Å². The van der Waals surface area contributed by atoms with Crippen molar-refractivity contribution in [2.45, 2.75) is 89.3 Å². The zero-order chi connectivity index (χ0) is 33.9. The number of methoxy groups -OCH3 is 1. The number of hydrogen-bond donors (Lipinski definition) is 2. The Morgan fingerprint density at radius 2 is 1.98 bits per heavy atom. The molecule has 47 heavy (non-hydrogen) atoms. The van der Waals surface area contributed by atoms with E-state index in [2.05, 4.69) is 16.2 Å². The number of allylic oxidation sites excluding steroid dienone is 1. The van der Waals surface area contributed by atoms with E-state index in [-0.39, 0.29) is 23.3 Å². The Labute approximate surface area is 285 Å². The molecule has 2 aliphatic heterocycles. The third-order valence-corrected chi connectivity index (χ3v) is 12.8. The molecule has 0 radical (unpaired) electrons. The van der Waals surface area contributed by atoms with Crippen molar-refractivity contribution in [1.82, 2.24) is 4.72 Å². The van der Waals surface area contributed by atoms with Crippen molar-refractivity contribution in [2.75, 3.05) is 25.1 Å². The Morgan fingerprint density at radius 3 is 2.68 bits per heavy atom. The SMILES string of the molecule is C=C(C)[C@H](O)C[C@]1(OC)/C=C/C[C@H](C)[C@@H](C)S(=O)(=O)NC(=O)c2ccc3c(c2)N(CCCCc2cc(Cl)ccc2CO3)C[C@@H]2CC[C@H]21. The number of hydrogen-bond acceptors (Lipinski definition) is 7. The number of halogens is 1. The highest BCUT2D eigenvalue weighted by Crippen LogP contribution is 2.48. The van der Waals surface area contributed by atoms with Crippen molar-refractivity contribution in [3.05, 3.63) is 82.4 Å². The first-order valence-electron chi connectivity index (χ1n) is 16.7. The summed E-state index contributed by atoms with van der Waals surface area (Å²) in [4.78, 5) is 15.8. The van der Waals surface area contributed by atoms with Gasteiger partial charge in [0, 0.05) is 37.2 Å². The van der Waals surface area contributed by atoms with Gasteiger partial charge in [0.05, 0.1) is 22.6 Å². The van der Waals surface area contributed by atoms with Gasteiger partial charge < -0.3 is 19.5 Å². The Morgan fingerprint density at radius 1 is 1.19 bits per heavy atom. The number of fused-ring (bicyclic) bond motifs is 3. The number of carbonyl (C=O) groups excluding carboxylic acids is 1. The summed E-state index contributed by atoms with van der Waals surface area (Å²) in [5.41, 5.74) is 3.16. The number of nitrogens with one attached hydrogen (secondary N) is 1. The molecule has 2 N–H and O–H groups in total. The van der Waals surface area contributed by atoms with E-state index in [0.29, 0.717) is 42.3 Å². The first-order chi connectivity index (χ1) is 22.3. The molecule has 0 spiro atoms. The summed E-state index contributed by atoms with van der Waals surface area (Å²) >= 11 is 6.35. The second-order valence-corrected chi connectivity index (χ2v) is 16.2. The fourth-order valence-electron chi connectivity index (χ4n) is 7.18. The molecule has 0 saturated heterocycles. The predicted molar refractivity (Wildman–Crippen MR) is 188 cm³/mol. The number of ether oxygens (including phenoxy) is 2. The minimum absolute atomic E-state index is 0.113. The molecule has 3 aliphatic rings. The number of aliphatic hydroxyl groups excluding tert-OH is 1. The summed E-state index contributed by atoms with van der Waals surface area (Å²) in [5.74, 6) is 0.0473. The molecule has 0 aromatic heterocycles. The third kappa shape index (κ3) is 7.90. The van der Waals surface area contributed by atoms with Crippen molar-refractivity contribution in [1.29, 1.82) is 0 Å². The van der Waals surface area contributed by atoms with Crippen molar-refractivity contribution >= 4 is 33.2 Å². The summed E-state index contributed by atoms with van der Waals surface area (Å²) in [5, 5.41) is 10.9. The van der Waals surface area contributed by atoms with Crippen LogP contribution in [0.2, 0.25) is 5.02 Å². The standard InChI is InChI=1S/C37H49ClN2O6S/c1-24(2)34(41)21-37(45-5)17-8-9-25(3)26(4)47(43,44)39-36(42)28-13-16-35-33(20-28)40(22-29-12-15-32(29)37)18-7-6-10-27-19-31(38)14-11-30(27)23-46-35/h8,11,13-14,16-17,19-20,25-26,29,32,34,41H,1,6-7,9-10,12,15,18,21-23H2,2-5H3,(H,39,42)/b17-8+/t25-,26+,29-,32+,34+,37+/m0/s1. The lowest BCUT2D eigenvalue weighted by Crippen LogP contribution is -2.52. The lowest BCUT2D eigenvalue weighted by Gasteiger charge is -2.50. The minimum atomic E-state index is -3.98. The number of nitrogens with zero attached hydrogens (tertiary/aromatic N) is 1. The van der Waals surface area contributed by atoms with Crippen LogP contribution in [0.25, 0.3) is 0 Å². The van der Waals surface area contributed by atoms with Crippen molar-refractivity contribution in [3.8, 4) is 5.75 Å². The largest absolute Gasteiger partial charge is 0.487 e. The van der Waals surface area contributed by atoms with Gasteiger partial charge in [-0.15, -0.1) is 0 Å². The summed E-state index contributed by atoms with van der Waals surface area (Å²) in [6.45, 7) is 11.1. The van der Waals surface area contributed by atoms with Crippen LogP contribution in [0.3, 0.4) is 0 Å². The Bertz CT molecular complexity index is 1610. The molecule has 5 rings (SSSR count). The monoisotopic (exact) mass is 684 g/mol. The van der Waals surface area contributed by atoms with E-state index in [1.165, 1.54) is 0 Å². The topological polar surface area (TPSA) is 105 Å². The van der Waals surface area contributed by atoms with Crippen molar-refractivity contribution < 1.29 is 27.8 Å². The lowest BCUT2D eigenvalue weighted by molar-refractivity contribution is -0.0941. The molecule has 8 nitrogen and oxygen atoms in total. The normalized spacial score (nSPS) is 29.4. The smallest absolute Gasteiger partial charge is 0.264 e.